The molecule has 0 aliphatic heterocycles. The van der Waals surface area contributed by atoms with E-state index < -0.39 is 0 Å². The van der Waals surface area contributed by atoms with Crippen molar-refractivity contribution in [3.05, 3.63) is 158 Å². The molecular formula is C42H26N4. The van der Waals surface area contributed by atoms with Crippen molar-refractivity contribution in [3.8, 4) is 44.9 Å². The Kier molecular flexibility index (Phi) is 6.10. The van der Waals surface area contributed by atoms with Crippen molar-refractivity contribution >= 4 is 43.6 Å². The maximum Gasteiger partial charge on any atom is 0.0972 e. The summed E-state index contributed by atoms with van der Waals surface area (Å²) in [5.41, 5.74) is 12.2. The maximum absolute atomic E-state index is 5.08. The molecule has 214 valence electrons. The first-order valence-electron chi connectivity index (χ1n) is 15.4. The summed E-state index contributed by atoms with van der Waals surface area (Å²) >= 11 is 0. The Bertz CT molecular complexity index is 2570. The summed E-state index contributed by atoms with van der Waals surface area (Å²) in [6, 6.07) is 52.7. The predicted octanol–water partition coefficient (Wildman–Crippen LogP) is 10.5. The lowest BCUT2D eigenvalue weighted by atomic mass is 10.0. The van der Waals surface area contributed by atoms with Gasteiger partial charge in [0.15, 0.2) is 0 Å². The van der Waals surface area contributed by atoms with Crippen molar-refractivity contribution in [3.63, 3.8) is 0 Å². The van der Waals surface area contributed by atoms with Crippen LogP contribution in [0.15, 0.2) is 158 Å². The monoisotopic (exact) mass is 586 g/mol. The number of fused-ring (bicyclic) bond motifs is 5. The second-order valence-corrected chi connectivity index (χ2v) is 11.6. The first kappa shape index (κ1) is 26.2. The van der Waals surface area contributed by atoms with Gasteiger partial charge in [0, 0.05) is 44.4 Å². The molecule has 0 aliphatic carbocycles. The quantitative estimate of drug-likeness (QED) is 0.193. The van der Waals surface area contributed by atoms with Crippen molar-refractivity contribution in [2.24, 2.45) is 0 Å². The third-order valence-electron chi connectivity index (χ3n) is 8.69. The van der Waals surface area contributed by atoms with Gasteiger partial charge in [-0.2, -0.15) is 0 Å². The van der Waals surface area contributed by atoms with Crippen LogP contribution in [-0.4, -0.2) is 19.9 Å². The van der Waals surface area contributed by atoms with Crippen molar-refractivity contribution in [2.45, 2.75) is 0 Å². The lowest BCUT2D eigenvalue weighted by Crippen LogP contribution is -1.90. The minimum absolute atomic E-state index is 0.922. The van der Waals surface area contributed by atoms with E-state index in [4.69, 9.17) is 15.0 Å². The number of aromatic nitrogens is 4. The highest BCUT2D eigenvalue weighted by Gasteiger charge is 2.09. The second kappa shape index (κ2) is 10.7. The van der Waals surface area contributed by atoms with Gasteiger partial charge in [-0.1, -0.05) is 109 Å². The standard InChI is InChI=1S/C42H26N4/c1-2-5-27(6-3-1)36-23-19-35-25-33(18-22-39(35)44-36)34-15-12-30-16-20-37(45-40(30)26-34)28-8-10-29(11-9-28)38-21-17-32-14-13-31-7-4-24-43-41(31)42(32)46-38/h1-26H. The molecule has 5 aromatic carbocycles. The third-order valence-corrected chi connectivity index (χ3v) is 8.69. The summed E-state index contributed by atoms with van der Waals surface area (Å²) in [5.74, 6) is 0. The van der Waals surface area contributed by atoms with E-state index >= 15 is 0 Å². The average Bonchev–Trinajstić information content (AvgIpc) is 3.14. The average molecular weight is 587 g/mol. The summed E-state index contributed by atoms with van der Waals surface area (Å²) < 4.78 is 0. The summed E-state index contributed by atoms with van der Waals surface area (Å²) in [6.07, 6.45) is 1.82. The van der Waals surface area contributed by atoms with Gasteiger partial charge in [0.2, 0.25) is 0 Å². The number of benzene rings is 5. The molecule has 0 radical (unpaired) electrons. The Balaban J connectivity index is 1.02. The van der Waals surface area contributed by atoms with Crippen molar-refractivity contribution in [2.75, 3.05) is 0 Å². The zero-order valence-corrected chi connectivity index (χ0v) is 24.8. The predicted molar refractivity (Wildman–Crippen MR) is 189 cm³/mol. The maximum atomic E-state index is 5.08. The summed E-state index contributed by atoms with van der Waals surface area (Å²) in [4.78, 5) is 19.6. The van der Waals surface area contributed by atoms with Crippen LogP contribution in [0.4, 0.5) is 0 Å². The zero-order chi connectivity index (χ0) is 30.5. The third kappa shape index (κ3) is 4.64. The number of nitrogens with zero attached hydrogens (tertiary/aromatic N) is 4. The fourth-order valence-electron chi connectivity index (χ4n) is 6.23. The number of hydrogen-bond donors (Lipinski definition) is 0. The number of rotatable bonds is 4. The molecule has 0 fully saturated rings. The van der Waals surface area contributed by atoms with Gasteiger partial charge in [-0.3, -0.25) is 4.98 Å². The van der Waals surface area contributed by atoms with Gasteiger partial charge < -0.3 is 0 Å². The molecule has 4 heteroatoms. The van der Waals surface area contributed by atoms with Crippen LogP contribution in [0.2, 0.25) is 0 Å². The first-order chi connectivity index (χ1) is 22.7. The molecule has 0 atom stereocenters. The summed E-state index contributed by atoms with van der Waals surface area (Å²) in [7, 11) is 0. The lowest BCUT2D eigenvalue weighted by molar-refractivity contribution is 1.36. The summed E-state index contributed by atoms with van der Waals surface area (Å²) in [5, 5.41) is 4.41. The fourth-order valence-corrected chi connectivity index (χ4v) is 6.23. The van der Waals surface area contributed by atoms with Gasteiger partial charge in [-0.15, -0.1) is 0 Å². The van der Waals surface area contributed by atoms with Crippen LogP contribution in [0.1, 0.15) is 0 Å². The zero-order valence-electron chi connectivity index (χ0n) is 24.8. The van der Waals surface area contributed by atoms with E-state index in [0.717, 1.165) is 88.5 Å². The van der Waals surface area contributed by atoms with Gasteiger partial charge in [0.25, 0.3) is 0 Å². The number of hydrogen-bond acceptors (Lipinski definition) is 4. The van der Waals surface area contributed by atoms with Crippen LogP contribution >= 0.6 is 0 Å². The molecule has 0 amide bonds. The largest absolute Gasteiger partial charge is 0.254 e. The minimum Gasteiger partial charge on any atom is -0.254 e. The molecule has 0 saturated carbocycles. The summed E-state index contributed by atoms with van der Waals surface area (Å²) in [6.45, 7) is 0. The molecule has 4 heterocycles. The van der Waals surface area contributed by atoms with E-state index in [1.54, 1.807) is 0 Å². The molecule has 9 aromatic rings. The van der Waals surface area contributed by atoms with Crippen LogP contribution in [0.3, 0.4) is 0 Å². The number of pyridine rings is 4. The Labute approximate surface area is 265 Å². The van der Waals surface area contributed by atoms with Crippen molar-refractivity contribution in [1.82, 2.24) is 19.9 Å². The normalized spacial score (nSPS) is 11.5. The second-order valence-electron chi connectivity index (χ2n) is 11.6. The SMILES string of the molecule is c1ccc(-c2ccc3cc(-c4ccc5ccc(-c6ccc(-c7ccc8ccc9cccnc9c8n7)cc6)nc5c4)ccc3n2)cc1. The van der Waals surface area contributed by atoms with Crippen LogP contribution in [0.25, 0.3) is 88.5 Å². The molecule has 9 rings (SSSR count). The molecule has 0 unspecified atom stereocenters. The van der Waals surface area contributed by atoms with E-state index in [2.05, 4.69) is 132 Å². The highest BCUT2D eigenvalue weighted by molar-refractivity contribution is 6.03. The molecule has 4 nitrogen and oxygen atoms in total. The topological polar surface area (TPSA) is 51.6 Å². The van der Waals surface area contributed by atoms with Crippen molar-refractivity contribution < 1.29 is 0 Å². The molecule has 0 spiro atoms. The molecule has 0 bridgehead atoms. The first-order valence-corrected chi connectivity index (χ1v) is 15.4. The van der Waals surface area contributed by atoms with Gasteiger partial charge in [-0.05, 0) is 53.6 Å². The van der Waals surface area contributed by atoms with E-state index in [-0.39, 0.29) is 0 Å². The smallest absolute Gasteiger partial charge is 0.0972 e. The highest BCUT2D eigenvalue weighted by atomic mass is 14.8. The fraction of sp³-hybridized carbons (Fsp3) is 0. The van der Waals surface area contributed by atoms with Crippen LogP contribution in [0, 0.1) is 0 Å². The minimum atomic E-state index is 0.922. The van der Waals surface area contributed by atoms with E-state index in [0.29, 0.717) is 0 Å². The van der Waals surface area contributed by atoms with Crippen LogP contribution < -0.4 is 0 Å². The lowest BCUT2D eigenvalue weighted by Gasteiger charge is -2.09. The van der Waals surface area contributed by atoms with Crippen LogP contribution in [-0.2, 0) is 0 Å². The molecular weight excluding hydrogens is 560 g/mol. The van der Waals surface area contributed by atoms with Crippen LogP contribution in [0.5, 0.6) is 0 Å². The highest BCUT2D eigenvalue weighted by Crippen LogP contribution is 2.31. The van der Waals surface area contributed by atoms with E-state index in [1.807, 2.05) is 30.5 Å². The van der Waals surface area contributed by atoms with Gasteiger partial charge >= 0.3 is 0 Å². The Morgan fingerprint density at radius 2 is 0.848 bits per heavy atom. The molecule has 0 N–H and O–H groups in total. The molecule has 0 aliphatic rings. The molecule has 0 saturated heterocycles. The Morgan fingerprint density at radius 3 is 1.63 bits per heavy atom. The Morgan fingerprint density at radius 1 is 0.304 bits per heavy atom. The van der Waals surface area contributed by atoms with E-state index in [9.17, 15) is 0 Å². The van der Waals surface area contributed by atoms with Gasteiger partial charge in [-0.25, -0.2) is 15.0 Å². The Hall–Kier alpha value is -6.26. The van der Waals surface area contributed by atoms with Crippen molar-refractivity contribution in [1.29, 1.82) is 0 Å². The molecule has 4 aromatic heterocycles. The van der Waals surface area contributed by atoms with E-state index in [1.165, 1.54) is 0 Å². The van der Waals surface area contributed by atoms with Gasteiger partial charge in [0.1, 0.15) is 0 Å². The molecule has 46 heavy (non-hydrogen) atoms. The van der Waals surface area contributed by atoms with Gasteiger partial charge in [0.05, 0.1) is 39.1 Å².